The van der Waals surface area contributed by atoms with Crippen molar-refractivity contribution in [3.05, 3.63) is 51.8 Å². The van der Waals surface area contributed by atoms with E-state index in [-0.39, 0.29) is 36.8 Å². The topological polar surface area (TPSA) is 50.2 Å². The molecule has 1 aliphatic heterocycles. The van der Waals surface area contributed by atoms with Gasteiger partial charge in [0.2, 0.25) is 5.91 Å². The summed E-state index contributed by atoms with van der Waals surface area (Å²) in [4.78, 5) is 14.9. The molecule has 2 aromatic rings. The lowest BCUT2D eigenvalue weighted by molar-refractivity contribution is -0.134. The zero-order valence-corrected chi connectivity index (χ0v) is 18.3. The van der Waals surface area contributed by atoms with Gasteiger partial charge >= 0.3 is 0 Å². The first-order valence-corrected chi connectivity index (χ1v) is 9.10. The summed E-state index contributed by atoms with van der Waals surface area (Å²) in [7, 11) is 1.94. The lowest BCUT2D eigenvalue weighted by atomic mass is 10.0. The lowest BCUT2D eigenvalue weighted by Gasteiger charge is -2.37. The summed E-state index contributed by atoms with van der Waals surface area (Å²) in [5.74, 6) is 0.175. The van der Waals surface area contributed by atoms with E-state index >= 15 is 0 Å². The van der Waals surface area contributed by atoms with Crippen LogP contribution in [-0.2, 0) is 18.3 Å². The molecule has 8 heteroatoms. The average molecular weight is 434 g/mol. The molecule has 0 radical (unpaired) electrons. The summed E-state index contributed by atoms with van der Waals surface area (Å²) in [6.07, 6.45) is 1.22. The number of hydrogen-bond donors (Lipinski definition) is 1. The molecule has 1 unspecified atom stereocenters. The number of nitrogens with zero attached hydrogens (tertiary/aromatic N) is 3. The van der Waals surface area contributed by atoms with Gasteiger partial charge in [-0.15, -0.1) is 24.8 Å². The van der Waals surface area contributed by atoms with Gasteiger partial charge in [0.15, 0.2) is 0 Å². The maximum absolute atomic E-state index is 12.9. The molecule has 0 saturated carbocycles. The minimum absolute atomic E-state index is 0. The summed E-state index contributed by atoms with van der Waals surface area (Å²) in [6.45, 7) is 6.32. The minimum atomic E-state index is -0.00829. The van der Waals surface area contributed by atoms with Crippen LogP contribution in [0.3, 0.4) is 0 Å². The smallest absolute Gasteiger partial charge is 0.223 e. The highest BCUT2D eigenvalue weighted by molar-refractivity contribution is 6.31. The maximum atomic E-state index is 12.9. The quantitative estimate of drug-likeness (QED) is 0.801. The van der Waals surface area contributed by atoms with E-state index in [1.165, 1.54) is 5.56 Å². The Morgan fingerprint density at radius 2 is 2.00 bits per heavy atom. The van der Waals surface area contributed by atoms with Crippen LogP contribution < -0.4 is 5.32 Å². The molecule has 1 aliphatic rings. The fourth-order valence-corrected chi connectivity index (χ4v) is 3.84. The molecule has 0 aliphatic carbocycles. The van der Waals surface area contributed by atoms with Crippen LogP contribution in [0.1, 0.15) is 35.0 Å². The average Bonchev–Trinajstić information content (AvgIpc) is 2.85. The van der Waals surface area contributed by atoms with Crippen molar-refractivity contribution >= 4 is 42.3 Å². The standard InChI is InChI=1S/C19H25ClN4O.2ClH/c1-13-15(14(2)23(3)22-13)8-9-19(25)24-11-10-21-12-18(24)16-6-4-5-7-17(16)20;;/h4-7,18,21H,8-12H2,1-3H3;2*1H. The summed E-state index contributed by atoms with van der Waals surface area (Å²) in [5, 5.41) is 8.53. The number of amides is 1. The molecular formula is C19H27Cl3N4O. The molecule has 3 rings (SSSR count). The van der Waals surface area contributed by atoms with Crippen molar-refractivity contribution < 1.29 is 4.79 Å². The molecule has 1 amide bonds. The Morgan fingerprint density at radius 1 is 1.30 bits per heavy atom. The molecule has 1 fully saturated rings. The minimum Gasteiger partial charge on any atom is -0.333 e. The first kappa shape index (κ1) is 23.8. The molecule has 1 N–H and O–H groups in total. The van der Waals surface area contributed by atoms with Crippen molar-refractivity contribution in [1.29, 1.82) is 0 Å². The monoisotopic (exact) mass is 432 g/mol. The predicted octanol–water partition coefficient (Wildman–Crippen LogP) is 3.64. The fraction of sp³-hybridized carbons (Fsp3) is 0.474. The summed E-state index contributed by atoms with van der Waals surface area (Å²) >= 11 is 6.37. The van der Waals surface area contributed by atoms with Crippen LogP contribution >= 0.6 is 36.4 Å². The van der Waals surface area contributed by atoms with E-state index in [2.05, 4.69) is 17.3 Å². The fourth-order valence-electron chi connectivity index (χ4n) is 3.58. The lowest BCUT2D eigenvalue weighted by Crippen LogP contribution is -2.48. The van der Waals surface area contributed by atoms with Gasteiger partial charge in [0, 0.05) is 43.8 Å². The Morgan fingerprint density at radius 3 is 2.63 bits per heavy atom. The number of rotatable bonds is 4. The SMILES string of the molecule is Cc1nn(C)c(C)c1CCC(=O)N1CCNCC1c1ccccc1Cl.Cl.Cl. The van der Waals surface area contributed by atoms with Crippen LogP contribution in [0.2, 0.25) is 5.02 Å². The highest BCUT2D eigenvalue weighted by atomic mass is 35.5. The van der Waals surface area contributed by atoms with Crippen LogP contribution in [0, 0.1) is 13.8 Å². The number of carbonyl (C=O) groups is 1. The van der Waals surface area contributed by atoms with Crippen molar-refractivity contribution in [2.24, 2.45) is 7.05 Å². The number of aryl methyl sites for hydroxylation is 2. The molecule has 0 bridgehead atoms. The highest BCUT2D eigenvalue weighted by Gasteiger charge is 2.29. The number of halogens is 3. The van der Waals surface area contributed by atoms with Crippen LogP contribution in [0.5, 0.6) is 0 Å². The normalized spacial score (nSPS) is 16.4. The molecule has 0 spiro atoms. The Balaban J connectivity index is 0.00000182. The summed E-state index contributed by atoms with van der Waals surface area (Å²) < 4.78 is 1.88. The molecular weight excluding hydrogens is 407 g/mol. The number of nitrogens with one attached hydrogen (secondary N) is 1. The number of benzene rings is 1. The van der Waals surface area contributed by atoms with Crippen LogP contribution in [-0.4, -0.2) is 40.2 Å². The largest absolute Gasteiger partial charge is 0.333 e. The second kappa shape index (κ2) is 10.3. The zero-order valence-electron chi connectivity index (χ0n) is 15.9. The molecule has 5 nitrogen and oxygen atoms in total. The van der Waals surface area contributed by atoms with Gasteiger partial charge in [-0.1, -0.05) is 29.8 Å². The molecule has 1 saturated heterocycles. The second-order valence-electron chi connectivity index (χ2n) is 6.60. The van der Waals surface area contributed by atoms with Crippen molar-refractivity contribution in [2.75, 3.05) is 19.6 Å². The second-order valence-corrected chi connectivity index (χ2v) is 7.01. The van der Waals surface area contributed by atoms with Crippen molar-refractivity contribution in [3.8, 4) is 0 Å². The van der Waals surface area contributed by atoms with Gasteiger partial charge in [-0.25, -0.2) is 0 Å². The number of carbonyl (C=O) groups excluding carboxylic acids is 1. The van der Waals surface area contributed by atoms with Crippen LogP contribution in [0.25, 0.3) is 0 Å². The maximum Gasteiger partial charge on any atom is 0.223 e. The first-order chi connectivity index (χ1) is 12.0. The first-order valence-electron chi connectivity index (χ1n) is 8.72. The third kappa shape index (κ3) is 5.17. The Labute approximate surface area is 178 Å². The molecule has 1 aromatic carbocycles. The zero-order chi connectivity index (χ0) is 18.0. The van der Waals surface area contributed by atoms with Gasteiger partial charge < -0.3 is 10.2 Å². The molecule has 2 heterocycles. The van der Waals surface area contributed by atoms with Gasteiger partial charge in [0.25, 0.3) is 0 Å². The van der Waals surface area contributed by atoms with Gasteiger partial charge in [-0.2, -0.15) is 5.10 Å². The van der Waals surface area contributed by atoms with E-state index in [9.17, 15) is 4.79 Å². The van der Waals surface area contributed by atoms with E-state index in [1.807, 2.05) is 47.8 Å². The highest BCUT2D eigenvalue weighted by Crippen LogP contribution is 2.29. The number of hydrogen-bond acceptors (Lipinski definition) is 3. The van der Waals surface area contributed by atoms with Crippen molar-refractivity contribution in [3.63, 3.8) is 0 Å². The van der Waals surface area contributed by atoms with Crippen molar-refractivity contribution in [2.45, 2.75) is 32.7 Å². The Bertz CT molecular complexity index is 778. The molecule has 1 aromatic heterocycles. The summed E-state index contributed by atoms with van der Waals surface area (Å²) in [6, 6.07) is 7.78. The van der Waals surface area contributed by atoms with Gasteiger partial charge in [-0.3, -0.25) is 9.48 Å². The Hall–Kier alpha value is -1.27. The Kier molecular flexibility index (Phi) is 9.09. The van der Waals surface area contributed by atoms with E-state index in [1.54, 1.807) is 0 Å². The number of aromatic nitrogens is 2. The van der Waals surface area contributed by atoms with E-state index in [4.69, 9.17) is 11.6 Å². The van der Waals surface area contributed by atoms with Crippen LogP contribution in [0.4, 0.5) is 0 Å². The molecule has 27 heavy (non-hydrogen) atoms. The third-order valence-corrected chi connectivity index (χ3v) is 5.42. The van der Waals surface area contributed by atoms with Gasteiger partial charge in [0.05, 0.1) is 11.7 Å². The van der Waals surface area contributed by atoms with Crippen molar-refractivity contribution in [1.82, 2.24) is 20.0 Å². The van der Waals surface area contributed by atoms with E-state index in [0.717, 1.165) is 36.5 Å². The predicted molar refractivity (Wildman–Crippen MR) is 114 cm³/mol. The molecule has 1 atom stereocenters. The van der Waals surface area contributed by atoms with E-state index < -0.39 is 0 Å². The van der Waals surface area contributed by atoms with E-state index in [0.29, 0.717) is 18.0 Å². The van der Waals surface area contributed by atoms with Gasteiger partial charge in [-0.05, 0) is 37.5 Å². The summed E-state index contributed by atoms with van der Waals surface area (Å²) in [5.41, 5.74) is 4.34. The third-order valence-electron chi connectivity index (χ3n) is 5.08. The molecule has 150 valence electrons. The van der Waals surface area contributed by atoms with Crippen LogP contribution in [0.15, 0.2) is 24.3 Å². The van der Waals surface area contributed by atoms with Gasteiger partial charge in [0.1, 0.15) is 0 Å². The number of piperazine rings is 1.